The molecule has 0 saturated heterocycles. The first kappa shape index (κ1) is 100. The van der Waals surface area contributed by atoms with Crippen LogP contribution in [0.5, 0.6) is 0 Å². The lowest BCUT2D eigenvalue weighted by Gasteiger charge is -2.21. The Morgan fingerprint density at radius 3 is 0.745 bits per heavy atom. The van der Waals surface area contributed by atoms with Gasteiger partial charge in [-0.25, -0.2) is 9.13 Å². The molecule has 3 unspecified atom stereocenters. The Hall–Kier alpha value is -1.94. The van der Waals surface area contributed by atoms with E-state index in [9.17, 15) is 43.2 Å². The summed E-state index contributed by atoms with van der Waals surface area (Å²) in [6, 6.07) is 0. The second-order valence-electron chi connectivity index (χ2n) is 30.6. The van der Waals surface area contributed by atoms with Gasteiger partial charge in [0, 0.05) is 25.7 Å². The Labute approximate surface area is 626 Å². The van der Waals surface area contributed by atoms with Gasteiger partial charge >= 0.3 is 39.5 Å². The molecule has 0 radical (unpaired) electrons. The third-order valence-corrected chi connectivity index (χ3v) is 21.7. The molecule has 0 spiro atoms. The van der Waals surface area contributed by atoms with Crippen molar-refractivity contribution in [1.82, 2.24) is 0 Å². The number of hydrogen-bond donors (Lipinski definition) is 3. The van der Waals surface area contributed by atoms with E-state index in [1.165, 1.54) is 257 Å². The number of phosphoric acid groups is 2. The van der Waals surface area contributed by atoms with Crippen LogP contribution < -0.4 is 0 Å². The Bertz CT molecular complexity index is 1960. The first-order valence-corrected chi connectivity index (χ1v) is 46.0. The second kappa shape index (κ2) is 74.5. The number of hydrogen-bond acceptors (Lipinski definition) is 15. The van der Waals surface area contributed by atoms with Gasteiger partial charge in [-0.3, -0.25) is 37.3 Å². The van der Waals surface area contributed by atoms with E-state index in [2.05, 4.69) is 41.5 Å². The van der Waals surface area contributed by atoms with Crippen LogP contribution in [0.25, 0.3) is 0 Å². The van der Waals surface area contributed by atoms with Crippen LogP contribution in [0.3, 0.4) is 0 Å². The van der Waals surface area contributed by atoms with Crippen molar-refractivity contribution in [3.05, 3.63) is 0 Å². The fraction of sp³-hybridized carbons (Fsp3) is 0.952. The Balaban J connectivity index is 5.19. The summed E-state index contributed by atoms with van der Waals surface area (Å²) in [7, 11) is -9.92. The predicted octanol–water partition coefficient (Wildman–Crippen LogP) is 25.1. The predicted molar refractivity (Wildman–Crippen MR) is 418 cm³/mol. The summed E-state index contributed by atoms with van der Waals surface area (Å²) in [6.45, 7) is 9.67. The SMILES string of the molecule is CCCCCCCCCCCCCCCCCCCCCC(=O)OC[C@H](COP(=O)(O)OC[C@@H](O)COP(=O)(O)OC[C@@H](COC(=O)CCCCCCCCCCC)OC(=O)CCCCCCCCCCCC(C)C)OC(=O)CCCCCCCCCCCCCCCCCCCCC(C)CC. The highest BCUT2D eigenvalue weighted by molar-refractivity contribution is 7.47. The molecular weight excluding hydrogens is 1330 g/mol. The van der Waals surface area contributed by atoms with E-state index >= 15 is 0 Å². The number of rotatable bonds is 82. The lowest BCUT2D eigenvalue weighted by Crippen LogP contribution is -2.30. The first-order valence-electron chi connectivity index (χ1n) is 43.0. The van der Waals surface area contributed by atoms with E-state index in [1.54, 1.807) is 0 Å². The summed E-state index contributed by atoms with van der Waals surface area (Å²) in [5.74, 6) is -0.501. The maximum Gasteiger partial charge on any atom is 0.472 e. The zero-order chi connectivity index (χ0) is 74.9. The Morgan fingerprint density at radius 1 is 0.284 bits per heavy atom. The van der Waals surface area contributed by atoms with E-state index in [1.807, 2.05) is 0 Å². The van der Waals surface area contributed by atoms with Crippen LogP contribution in [0.2, 0.25) is 0 Å². The highest BCUT2D eigenvalue weighted by Crippen LogP contribution is 2.45. The topological polar surface area (TPSA) is 237 Å². The number of aliphatic hydroxyl groups excluding tert-OH is 1. The molecule has 0 heterocycles. The molecule has 17 nitrogen and oxygen atoms in total. The van der Waals surface area contributed by atoms with Gasteiger partial charge in [0.25, 0.3) is 0 Å². The van der Waals surface area contributed by atoms with Crippen LogP contribution in [0.1, 0.15) is 440 Å². The lowest BCUT2D eigenvalue weighted by atomic mass is 9.99. The quantitative estimate of drug-likeness (QED) is 0.0222. The van der Waals surface area contributed by atoms with Gasteiger partial charge < -0.3 is 33.8 Å². The average Bonchev–Trinajstić information content (AvgIpc) is 0.925. The minimum Gasteiger partial charge on any atom is -0.462 e. The fourth-order valence-electron chi connectivity index (χ4n) is 12.9. The molecule has 0 bridgehead atoms. The molecule has 606 valence electrons. The van der Waals surface area contributed by atoms with Crippen LogP contribution in [0.4, 0.5) is 0 Å². The Morgan fingerprint density at radius 2 is 0.500 bits per heavy atom. The second-order valence-corrected chi connectivity index (χ2v) is 33.5. The van der Waals surface area contributed by atoms with Crippen LogP contribution >= 0.6 is 15.6 Å². The van der Waals surface area contributed by atoms with Crippen molar-refractivity contribution in [3.8, 4) is 0 Å². The van der Waals surface area contributed by atoms with Gasteiger partial charge in [-0.1, -0.05) is 388 Å². The van der Waals surface area contributed by atoms with Crippen molar-refractivity contribution >= 4 is 39.5 Å². The van der Waals surface area contributed by atoms with Crippen molar-refractivity contribution in [1.29, 1.82) is 0 Å². The summed E-state index contributed by atoms with van der Waals surface area (Å²) in [6.07, 6.45) is 65.4. The van der Waals surface area contributed by atoms with E-state index in [0.717, 1.165) is 102 Å². The molecule has 19 heteroatoms. The fourth-order valence-corrected chi connectivity index (χ4v) is 14.4. The molecule has 0 aliphatic carbocycles. The van der Waals surface area contributed by atoms with Crippen LogP contribution in [-0.4, -0.2) is 96.7 Å². The first-order chi connectivity index (χ1) is 49.4. The Kier molecular flexibility index (Phi) is 73.1. The third kappa shape index (κ3) is 74.9. The molecule has 3 N–H and O–H groups in total. The number of carbonyl (C=O) groups is 4. The maximum absolute atomic E-state index is 13.1. The molecule has 0 aromatic heterocycles. The molecule has 0 saturated carbocycles. The van der Waals surface area contributed by atoms with Crippen LogP contribution in [0.15, 0.2) is 0 Å². The molecule has 0 aliphatic heterocycles. The molecule has 0 aromatic carbocycles. The number of unbranched alkanes of at least 4 members (excludes halogenated alkanes) is 51. The minimum atomic E-state index is -4.96. The third-order valence-electron chi connectivity index (χ3n) is 19.8. The highest BCUT2D eigenvalue weighted by atomic mass is 31.2. The van der Waals surface area contributed by atoms with Gasteiger partial charge in [0.1, 0.15) is 19.3 Å². The minimum absolute atomic E-state index is 0.106. The number of aliphatic hydroxyl groups is 1. The smallest absolute Gasteiger partial charge is 0.462 e. The van der Waals surface area contributed by atoms with Gasteiger partial charge in [0.2, 0.25) is 0 Å². The molecule has 0 aliphatic rings. The van der Waals surface area contributed by atoms with Crippen LogP contribution in [-0.2, 0) is 65.4 Å². The van der Waals surface area contributed by atoms with Gasteiger partial charge in [0.15, 0.2) is 12.2 Å². The molecular formula is C83H162O17P2. The van der Waals surface area contributed by atoms with Crippen LogP contribution in [0, 0.1) is 11.8 Å². The largest absolute Gasteiger partial charge is 0.472 e. The normalized spacial score (nSPS) is 14.1. The number of carbonyl (C=O) groups excluding carboxylic acids is 4. The summed E-state index contributed by atoms with van der Waals surface area (Å²) < 4.78 is 68.7. The van der Waals surface area contributed by atoms with Gasteiger partial charge in [-0.15, -0.1) is 0 Å². The summed E-state index contributed by atoms with van der Waals surface area (Å²) >= 11 is 0. The van der Waals surface area contributed by atoms with Crippen molar-refractivity contribution in [2.24, 2.45) is 11.8 Å². The average molecular weight is 1490 g/mol. The van der Waals surface area contributed by atoms with Crippen molar-refractivity contribution in [2.75, 3.05) is 39.6 Å². The van der Waals surface area contributed by atoms with Crippen molar-refractivity contribution in [2.45, 2.75) is 458 Å². The monoisotopic (exact) mass is 1490 g/mol. The summed E-state index contributed by atoms with van der Waals surface area (Å²) in [5.41, 5.74) is 0. The van der Waals surface area contributed by atoms with E-state index in [-0.39, 0.29) is 25.7 Å². The summed E-state index contributed by atoms with van der Waals surface area (Å²) in [4.78, 5) is 73.0. The lowest BCUT2D eigenvalue weighted by molar-refractivity contribution is -0.161. The van der Waals surface area contributed by atoms with E-state index < -0.39 is 97.5 Å². The number of ether oxygens (including phenoxy) is 4. The summed E-state index contributed by atoms with van der Waals surface area (Å²) in [5, 5.41) is 10.6. The highest BCUT2D eigenvalue weighted by Gasteiger charge is 2.30. The van der Waals surface area contributed by atoms with Gasteiger partial charge in [-0.05, 0) is 37.5 Å². The zero-order valence-electron chi connectivity index (χ0n) is 66.9. The number of phosphoric ester groups is 2. The molecule has 6 atom stereocenters. The van der Waals surface area contributed by atoms with Crippen molar-refractivity contribution in [3.63, 3.8) is 0 Å². The molecule has 0 rings (SSSR count). The van der Waals surface area contributed by atoms with Crippen molar-refractivity contribution < 1.29 is 80.2 Å². The van der Waals surface area contributed by atoms with E-state index in [0.29, 0.717) is 25.7 Å². The van der Waals surface area contributed by atoms with Gasteiger partial charge in [0.05, 0.1) is 26.4 Å². The molecule has 102 heavy (non-hydrogen) atoms. The zero-order valence-corrected chi connectivity index (χ0v) is 68.7. The standard InChI is InChI=1S/C83H162O17P2/c1-7-10-12-14-16-18-19-20-21-22-23-27-30-33-36-42-48-54-60-66-81(86)94-72-79(99-82(87)67-61-55-49-43-37-34-31-28-25-24-26-29-32-35-41-46-52-58-64-76(6)9-3)74-98-102(91,92)96-70-77(84)69-95-101(89,90)97-73-78(71-93-80(85)65-59-53-47-39-17-15-13-11-8-2)100-83(88)68-62-56-50-44-38-40-45-51-57-63-75(4)5/h75-79,84H,7-74H2,1-6H3,(H,89,90)(H,91,92)/t76?,77-,78+,79+/m0/s1. The number of esters is 4. The molecule has 0 amide bonds. The molecule has 0 aromatic rings. The van der Waals surface area contributed by atoms with Gasteiger partial charge in [-0.2, -0.15) is 0 Å². The van der Waals surface area contributed by atoms with E-state index in [4.69, 9.17) is 37.0 Å². The maximum atomic E-state index is 13.1. The molecule has 0 fully saturated rings.